The van der Waals surface area contributed by atoms with Crippen molar-refractivity contribution in [2.75, 3.05) is 26.3 Å². The molecule has 1 atom stereocenters. The van der Waals surface area contributed by atoms with Gasteiger partial charge in [0.2, 0.25) is 5.91 Å². The molecule has 0 radical (unpaired) electrons. The Kier molecular flexibility index (Phi) is 6.16. The number of nitrogens with one attached hydrogen (secondary N) is 2. The van der Waals surface area contributed by atoms with Crippen molar-refractivity contribution < 1.29 is 23.1 Å². The Balaban J connectivity index is 2.03. The zero-order chi connectivity index (χ0) is 18.5. The van der Waals surface area contributed by atoms with Crippen molar-refractivity contribution >= 4 is 11.9 Å². The van der Waals surface area contributed by atoms with Crippen molar-refractivity contribution in [3.8, 4) is 6.07 Å². The molecule has 1 aliphatic carbocycles. The van der Waals surface area contributed by atoms with Gasteiger partial charge in [-0.1, -0.05) is 13.3 Å². The first kappa shape index (κ1) is 19.4. The van der Waals surface area contributed by atoms with E-state index in [1.54, 1.807) is 6.92 Å². The average molecular weight is 358 g/mol. The normalized spacial score (nSPS) is 20.3. The summed E-state index contributed by atoms with van der Waals surface area (Å²) in [6.45, 7) is 3.05. The smallest absolute Gasteiger partial charge is 0.318 e. The number of halogens is 2. The Morgan fingerprint density at radius 1 is 1.36 bits per heavy atom. The molecule has 0 spiro atoms. The lowest BCUT2D eigenvalue weighted by molar-refractivity contribution is -0.126. The molecule has 7 nitrogen and oxygen atoms in total. The number of morpholine rings is 1. The topological polar surface area (TPSA) is 94.5 Å². The Bertz CT molecular complexity index is 540. The van der Waals surface area contributed by atoms with Crippen LogP contribution >= 0.6 is 0 Å². The molecular weight excluding hydrogens is 334 g/mol. The highest BCUT2D eigenvalue weighted by Gasteiger charge is 2.47. The van der Waals surface area contributed by atoms with E-state index in [0.29, 0.717) is 39.1 Å². The maximum Gasteiger partial charge on any atom is 0.318 e. The van der Waals surface area contributed by atoms with E-state index in [-0.39, 0.29) is 12.8 Å². The summed E-state index contributed by atoms with van der Waals surface area (Å²) in [4.78, 5) is 26.1. The number of ether oxygens (including phenoxy) is 1. The molecule has 2 N–H and O–H groups in total. The Hall–Kier alpha value is -1.95. The van der Waals surface area contributed by atoms with E-state index >= 15 is 0 Å². The zero-order valence-corrected chi connectivity index (χ0v) is 14.3. The molecule has 2 rings (SSSR count). The van der Waals surface area contributed by atoms with E-state index in [4.69, 9.17) is 10.00 Å². The van der Waals surface area contributed by atoms with E-state index in [9.17, 15) is 18.4 Å². The van der Waals surface area contributed by atoms with E-state index in [1.807, 2.05) is 6.07 Å². The zero-order valence-electron chi connectivity index (χ0n) is 14.3. The number of urea groups is 1. The summed E-state index contributed by atoms with van der Waals surface area (Å²) in [5, 5.41) is 14.0. The van der Waals surface area contributed by atoms with Gasteiger partial charge in [-0.05, 0) is 12.8 Å². The van der Waals surface area contributed by atoms with Gasteiger partial charge in [-0.15, -0.1) is 0 Å². The third-order valence-electron chi connectivity index (χ3n) is 4.36. The Morgan fingerprint density at radius 2 is 2.00 bits per heavy atom. The number of carbonyl (C=O) groups is 2. The van der Waals surface area contributed by atoms with Gasteiger partial charge in [0.25, 0.3) is 5.92 Å². The highest BCUT2D eigenvalue weighted by atomic mass is 19.3. The minimum atomic E-state index is -3.07. The van der Waals surface area contributed by atoms with Gasteiger partial charge in [0, 0.05) is 25.9 Å². The predicted molar refractivity (Wildman–Crippen MR) is 84.9 cm³/mol. The number of amides is 3. The molecule has 0 bridgehead atoms. The van der Waals surface area contributed by atoms with Crippen molar-refractivity contribution in [1.29, 1.82) is 5.26 Å². The minimum Gasteiger partial charge on any atom is -0.378 e. The third kappa shape index (κ3) is 5.53. The predicted octanol–water partition coefficient (Wildman–Crippen LogP) is 1.39. The highest BCUT2D eigenvalue weighted by molar-refractivity contribution is 5.88. The summed E-state index contributed by atoms with van der Waals surface area (Å²) >= 11 is 0. The summed E-state index contributed by atoms with van der Waals surface area (Å²) in [7, 11) is 0. The molecule has 9 heteroatoms. The molecule has 2 aliphatic rings. The van der Waals surface area contributed by atoms with Crippen LogP contribution in [0.5, 0.6) is 0 Å². The molecule has 1 saturated carbocycles. The molecule has 1 unspecified atom stereocenters. The first-order valence-corrected chi connectivity index (χ1v) is 8.55. The van der Waals surface area contributed by atoms with Gasteiger partial charge < -0.3 is 20.3 Å². The van der Waals surface area contributed by atoms with E-state index in [0.717, 1.165) is 0 Å². The van der Waals surface area contributed by atoms with Crippen LogP contribution in [0.25, 0.3) is 0 Å². The van der Waals surface area contributed by atoms with Crippen molar-refractivity contribution in [3.63, 3.8) is 0 Å². The molecule has 25 heavy (non-hydrogen) atoms. The third-order valence-corrected chi connectivity index (χ3v) is 4.36. The summed E-state index contributed by atoms with van der Waals surface area (Å²) in [5.41, 5.74) is -0.973. The summed E-state index contributed by atoms with van der Waals surface area (Å²) in [5.74, 6) is -3.81. The summed E-state index contributed by atoms with van der Waals surface area (Å²) in [6, 6.07) is 0.0257. The Labute approximate surface area is 145 Å². The SMILES string of the molecule is CCCC(F)(F)CC(NC(=O)N1CCOCC1)C(=O)NC1(C#N)CC1. The number of rotatable bonds is 7. The van der Waals surface area contributed by atoms with Crippen LogP contribution < -0.4 is 10.6 Å². The van der Waals surface area contributed by atoms with Gasteiger partial charge in [-0.2, -0.15) is 5.26 Å². The van der Waals surface area contributed by atoms with Crippen LogP contribution in [0.2, 0.25) is 0 Å². The van der Waals surface area contributed by atoms with Crippen molar-refractivity contribution in [3.05, 3.63) is 0 Å². The highest BCUT2D eigenvalue weighted by Crippen LogP contribution is 2.35. The number of nitriles is 1. The molecule has 0 aromatic rings. The first-order valence-electron chi connectivity index (χ1n) is 8.55. The maximum absolute atomic E-state index is 14.0. The van der Waals surface area contributed by atoms with E-state index in [2.05, 4.69) is 10.6 Å². The molecule has 3 amide bonds. The number of hydrogen-bond acceptors (Lipinski definition) is 4. The number of hydrogen-bond donors (Lipinski definition) is 2. The monoisotopic (exact) mass is 358 g/mol. The molecule has 1 saturated heterocycles. The number of nitrogens with zero attached hydrogens (tertiary/aromatic N) is 2. The second kappa shape index (κ2) is 7.95. The average Bonchev–Trinajstić information content (AvgIpc) is 3.34. The van der Waals surface area contributed by atoms with Crippen LogP contribution in [0.15, 0.2) is 0 Å². The second-order valence-corrected chi connectivity index (χ2v) is 6.59. The van der Waals surface area contributed by atoms with Crippen LogP contribution in [0, 0.1) is 11.3 Å². The number of alkyl halides is 2. The lowest BCUT2D eigenvalue weighted by atomic mass is 10.0. The summed E-state index contributed by atoms with van der Waals surface area (Å²) < 4.78 is 33.2. The first-order chi connectivity index (χ1) is 11.8. The second-order valence-electron chi connectivity index (χ2n) is 6.59. The fourth-order valence-corrected chi connectivity index (χ4v) is 2.70. The number of carbonyl (C=O) groups excluding carboxylic acids is 2. The van der Waals surface area contributed by atoms with Crippen LogP contribution in [-0.2, 0) is 9.53 Å². The fraction of sp³-hybridized carbons (Fsp3) is 0.812. The molecule has 1 heterocycles. The van der Waals surface area contributed by atoms with Crippen molar-refractivity contribution in [2.24, 2.45) is 0 Å². The molecule has 1 aliphatic heterocycles. The standard InChI is InChI=1S/C16H24F2N4O3/c1-2-3-16(17,18)10-12(13(23)21-15(11-19)4-5-15)20-14(24)22-6-8-25-9-7-22/h12H,2-10H2,1H3,(H,20,24)(H,21,23). The van der Waals surface area contributed by atoms with Crippen molar-refractivity contribution in [2.45, 2.75) is 56.5 Å². The molecule has 0 aromatic heterocycles. The lowest BCUT2D eigenvalue weighted by Gasteiger charge is -2.30. The minimum absolute atomic E-state index is 0.265. The largest absolute Gasteiger partial charge is 0.378 e. The molecule has 140 valence electrons. The summed E-state index contributed by atoms with van der Waals surface area (Å²) in [6.07, 6.45) is 0.0915. The van der Waals surface area contributed by atoms with Gasteiger partial charge >= 0.3 is 6.03 Å². The van der Waals surface area contributed by atoms with Crippen LogP contribution in [0.3, 0.4) is 0 Å². The van der Waals surface area contributed by atoms with Gasteiger partial charge in [-0.25, -0.2) is 13.6 Å². The quantitative estimate of drug-likeness (QED) is 0.719. The van der Waals surface area contributed by atoms with Gasteiger partial charge in [0.05, 0.1) is 19.3 Å². The lowest BCUT2D eigenvalue weighted by Crippen LogP contribution is -2.56. The molecular formula is C16H24F2N4O3. The van der Waals surface area contributed by atoms with E-state index < -0.39 is 35.9 Å². The molecule has 2 fully saturated rings. The van der Waals surface area contributed by atoms with Crippen LogP contribution in [-0.4, -0.2) is 60.6 Å². The van der Waals surface area contributed by atoms with Gasteiger partial charge in [-0.3, -0.25) is 4.79 Å². The maximum atomic E-state index is 14.0. The van der Waals surface area contributed by atoms with Gasteiger partial charge in [0.15, 0.2) is 0 Å². The van der Waals surface area contributed by atoms with Crippen LogP contribution in [0.4, 0.5) is 13.6 Å². The van der Waals surface area contributed by atoms with Crippen molar-refractivity contribution in [1.82, 2.24) is 15.5 Å². The van der Waals surface area contributed by atoms with Crippen LogP contribution in [0.1, 0.15) is 39.0 Å². The Morgan fingerprint density at radius 3 is 2.52 bits per heavy atom. The molecule has 0 aromatic carbocycles. The fourth-order valence-electron chi connectivity index (χ4n) is 2.70. The van der Waals surface area contributed by atoms with E-state index in [1.165, 1.54) is 4.90 Å². The van der Waals surface area contributed by atoms with Gasteiger partial charge in [0.1, 0.15) is 11.6 Å².